The maximum Gasteiger partial charge on any atom is 0.362 e. The highest BCUT2D eigenvalue weighted by molar-refractivity contribution is 5.90. The summed E-state index contributed by atoms with van der Waals surface area (Å²) in [4.78, 5) is 14.8. The lowest BCUT2D eigenvalue weighted by molar-refractivity contribution is 0.0685. The normalized spacial score (nSPS) is 18.1. The van der Waals surface area contributed by atoms with Gasteiger partial charge in [-0.3, -0.25) is 0 Å². The van der Waals surface area contributed by atoms with Crippen LogP contribution >= 0.6 is 0 Å². The maximum atomic E-state index is 10.8. The van der Waals surface area contributed by atoms with E-state index in [2.05, 4.69) is 19.8 Å². The first-order chi connectivity index (χ1) is 7.18. The SMILES string of the molecule is CN1CCN(c2nonc2C(=O)O)CC1. The van der Waals surface area contributed by atoms with Crippen molar-refractivity contribution in [1.82, 2.24) is 15.2 Å². The number of anilines is 1. The van der Waals surface area contributed by atoms with Gasteiger partial charge >= 0.3 is 5.97 Å². The number of carboxylic acids is 1. The molecule has 1 N–H and O–H groups in total. The van der Waals surface area contributed by atoms with Gasteiger partial charge in [0.15, 0.2) is 0 Å². The van der Waals surface area contributed by atoms with Gasteiger partial charge in [0.05, 0.1) is 0 Å². The van der Waals surface area contributed by atoms with Crippen molar-refractivity contribution in [3.63, 3.8) is 0 Å². The molecule has 2 heterocycles. The van der Waals surface area contributed by atoms with Crippen molar-refractivity contribution in [2.75, 3.05) is 38.1 Å². The molecule has 15 heavy (non-hydrogen) atoms. The molecule has 0 spiro atoms. The van der Waals surface area contributed by atoms with E-state index in [9.17, 15) is 4.79 Å². The van der Waals surface area contributed by atoms with E-state index in [4.69, 9.17) is 5.11 Å². The molecule has 7 heteroatoms. The van der Waals surface area contributed by atoms with Gasteiger partial charge in [0.25, 0.3) is 0 Å². The van der Waals surface area contributed by atoms with Crippen molar-refractivity contribution >= 4 is 11.8 Å². The fourth-order valence-electron chi connectivity index (χ4n) is 1.54. The Balaban J connectivity index is 2.15. The summed E-state index contributed by atoms with van der Waals surface area (Å²) in [5.41, 5.74) is -0.112. The van der Waals surface area contributed by atoms with E-state index in [1.54, 1.807) is 0 Å². The van der Waals surface area contributed by atoms with E-state index in [0.717, 1.165) is 26.2 Å². The van der Waals surface area contributed by atoms with Gasteiger partial charge in [-0.15, -0.1) is 0 Å². The van der Waals surface area contributed by atoms with Crippen molar-refractivity contribution in [2.24, 2.45) is 0 Å². The standard InChI is InChI=1S/C8H12N4O3/c1-11-2-4-12(5-3-11)7-6(8(13)14)9-15-10-7/h2-5H2,1H3,(H,13,14). The smallest absolute Gasteiger partial charge is 0.362 e. The summed E-state index contributed by atoms with van der Waals surface area (Å²) >= 11 is 0. The van der Waals surface area contributed by atoms with Gasteiger partial charge < -0.3 is 14.9 Å². The molecule has 1 aliphatic heterocycles. The summed E-state index contributed by atoms with van der Waals surface area (Å²) in [5.74, 6) is -0.777. The average Bonchev–Trinajstić information content (AvgIpc) is 2.67. The Morgan fingerprint density at radius 2 is 2.00 bits per heavy atom. The van der Waals surface area contributed by atoms with Gasteiger partial charge in [0.1, 0.15) is 0 Å². The highest BCUT2D eigenvalue weighted by atomic mass is 16.6. The third-order valence-corrected chi connectivity index (χ3v) is 2.48. The molecule has 0 unspecified atom stereocenters. The molecule has 0 saturated carbocycles. The highest BCUT2D eigenvalue weighted by Gasteiger charge is 2.24. The molecular formula is C8H12N4O3. The molecule has 0 aromatic carbocycles. The predicted molar refractivity (Wildman–Crippen MR) is 51.0 cm³/mol. The van der Waals surface area contributed by atoms with Crippen molar-refractivity contribution in [3.05, 3.63) is 5.69 Å². The minimum atomic E-state index is -1.11. The van der Waals surface area contributed by atoms with Crippen LogP contribution in [-0.2, 0) is 0 Å². The van der Waals surface area contributed by atoms with E-state index in [1.165, 1.54) is 0 Å². The number of carbonyl (C=O) groups is 1. The molecule has 7 nitrogen and oxygen atoms in total. The summed E-state index contributed by atoms with van der Waals surface area (Å²) in [5, 5.41) is 15.8. The zero-order valence-corrected chi connectivity index (χ0v) is 8.38. The Hall–Kier alpha value is -1.63. The summed E-state index contributed by atoms with van der Waals surface area (Å²) in [6.45, 7) is 3.24. The lowest BCUT2D eigenvalue weighted by Gasteiger charge is -2.31. The summed E-state index contributed by atoms with van der Waals surface area (Å²) in [6.07, 6.45) is 0. The molecule has 0 atom stereocenters. The third kappa shape index (κ3) is 1.91. The Kier molecular flexibility index (Phi) is 2.55. The second-order valence-corrected chi connectivity index (χ2v) is 3.53. The van der Waals surface area contributed by atoms with Gasteiger partial charge in [0.2, 0.25) is 11.5 Å². The van der Waals surface area contributed by atoms with Crippen molar-refractivity contribution in [2.45, 2.75) is 0 Å². The molecule has 1 saturated heterocycles. The molecule has 82 valence electrons. The van der Waals surface area contributed by atoms with Crippen molar-refractivity contribution < 1.29 is 14.5 Å². The highest BCUT2D eigenvalue weighted by Crippen LogP contribution is 2.17. The lowest BCUT2D eigenvalue weighted by atomic mass is 10.3. The van der Waals surface area contributed by atoms with Crippen LogP contribution in [0.25, 0.3) is 0 Å². The fraction of sp³-hybridized carbons (Fsp3) is 0.625. The number of carboxylic acid groups (broad SMARTS) is 1. The number of piperazine rings is 1. The zero-order chi connectivity index (χ0) is 10.8. The summed E-state index contributed by atoms with van der Waals surface area (Å²) < 4.78 is 4.45. The number of hydrogen-bond donors (Lipinski definition) is 1. The Morgan fingerprint density at radius 3 is 2.60 bits per heavy atom. The van der Waals surface area contributed by atoms with Gasteiger partial charge in [-0.1, -0.05) is 0 Å². The van der Waals surface area contributed by atoms with Crippen LogP contribution in [0.15, 0.2) is 4.63 Å². The zero-order valence-electron chi connectivity index (χ0n) is 8.38. The molecule has 0 aliphatic carbocycles. The molecule has 1 aliphatic rings. The first-order valence-corrected chi connectivity index (χ1v) is 4.68. The summed E-state index contributed by atoms with van der Waals surface area (Å²) in [7, 11) is 2.02. The molecule has 2 rings (SSSR count). The molecule has 1 fully saturated rings. The minimum Gasteiger partial charge on any atom is -0.476 e. The molecule has 0 radical (unpaired) electrons. The van der Waals surface area contributed by atoms with E-state index in [-0.39, 0.29) is 5.69 Å². The largest absolute Gasteiger partial charge is 0.476 e. The van der Waals surface area contributed by atoms with Crippen molar-refractivity contribution in [1.29, 1.82) is 0 Å². The van der Waals surface area contributed by atoms with E-state index >= 15 is 0 Å². The number of aromatic carboxylic acids is 1. The molecule has 0 bridgehead atoms. The first kappa shape index (κ1) is 9.91. The first-order valence-electron chi connectivity index (χ1n) is 4.68. The number of hydrogen-bond acceptors (Lipinski definition) is 6. The van der Waals surface area contributed by atoms with E-state index in [0.29, 0.717) is 5.82 Å². The maximum absolute atomic E-state index is 10.8. The van der Waals surface area contributed by atoms with Gasteiger partial charge in [-0.2, -0.15) is 0 Å². The van der Waals surface area contributed by atoms with Crippen LogP contribution in [0.5, 0.6) is 0 Å². The molecule has 1 aromatic rings. The van der Waals surface area contributed by atoms with Crippen LogP contribution in [0, 0.1) is 0 Å². The summed E-state index contributed by atoms with van der Waals surface area (Å²) in [6, 6.07) is 0. The van der Waals surface area contributed by atoms with Crippen LogP contribution in [0.4, 0.5) is 5.82 Å². The van der Waals surface area contributed by atoms with Gasteiger partial charge in [0, 0.05) is 26.2 Å². The number of rotatable bonds is 2. The topological polar surface area (TPSA) is 82.7 Å². The van der Waals surface area contributed by atoms with Crippen LogP contribution in [0.2, 0.25) is 0 Å². The third-order valence-electron chi connectivity index (χ3n) is 2.48. The Bertz CT molecular complexity index is 357. The van der Waals surface area contributed by atoms with Crippen LogP contribution in [-0.4, -0.2) is 59.5 Å². The molecular weight excluding hydrogens is 200 g/mol. The lowest BCUT2D eigenvalue weighted by Crippen LogP contribution is -2.45. The second kappa shape index (κ2) is 3.85. The quantitative estimate of drug-likeness (QED) is 0.708. The Labute approximate surface area is 86.2 Å². The van der Waals surface area contributed by atoms with Crippen molar-refractivity contribution in [3.8, 4) is 0 Å². The molecule has 0 amide bonds. The Morgan fingerprint density at radius 1 is 1.33 bits per heavy atom. The average molecular weight is 212 g/mol. The van der Waals surface area contributed by atoms with Gasteiger partial charge in [-0.05, 0) is 17.4 Å². The van der Waals surface area contributed by atoms with Crippen LogP contribution in [0.3, 0.4) is 0 Å². The monoisotopic (exact) mass is 212 g/mol. The number of aromatic nitrogens is 2. The van der Waals surface area contributed by atoms with Crippen LogP contribution in [0.1, 0.15) is 10.5 Å². The number of likely N-dealkylation sites (N-methyl/N-ethyl adjacent to an activating group) is 1. The predicted octanol–water partition coefficient (Wildman–Crippen LogP) is -0.480. The minimum absolute atomic E-state index is 0.112. The van der Waals surface area contributed by atoms with Gasteiger partial charge in [-0.25, -0.2) is 9.42 Å². The fourth-order valence-corrected chi connectivity index (χ4v) is 1.54. The second-order valence-electron chi connectivity index (χ2n) is 3.53. The van der Waals surface area contributed by atoms with E-state index in [1.807, 2.05) is 11.9 Å². The molecule has 1 aromatic heterocycles. The van der Waals surface area contributed by atoms with E-state index < -0.39 is 5.97 Å². The number of nitrogens with zero attached hydrogens (tertiary/aromatic N) is 4. The van der Waals surface area contributed by atoms with Crippen LogP contribution < -0.4 is 4.90 Å².